The van der Waals surface area contributed by atoms with Crippen LogP contribution in [0.3, 0.4) is 0 Å². The Kier molecular flexibility index (Phi) is 6.16. The molecule has 38 heavy (non-hydrogen) atoms. The minimum atomic E-state index is -4.90. The molecule has 0 saturated carbocycles. The third-order valence-electron chi connectivity index (χ3n) is 8.10. The van der Waals surface area contributed by atoms with E-state index in [0.717, 1.165) is 12.1 Å². The summed E-state index contributed by atoms with van der Waals surface area (Å²) in [5.74, 6) is -3.77. The molecule has 4 N–H and O–H groups in total. The van der Waals surface area contributed by atoms with Crippen molar-refractivity contribution in [1.29, 1.82) is 5.26 Å². The van der Waals surface area contributed by atoms with Crippen LogP contribution in [-0.2, 0) is 30.0 Å². The summed E-state index contributed by atoms with van der Waals surface area (Å²) in [6, 6.07) is 4.03. The van der Waals surface area contributed by atoms with Crippen LogP contribution in [0.25, 0.3) is 0 Å². The zero-order valence-electron chi connectivity index (χ0n) is 20.1. The Morgan fingerprint density at radius 3 is 2.39 bits per heavy atom. The van der Waals surface area contributed by atoms with Crippen LogP contribution in [0.4, 0.5) is 18.9 Å². The Bertz CT molecular complexity index is 1220. The third kappa shape index (κ3) is 3.69. The Labute approximate surface area is 213 Å². The second kappa shape index (κ2) is 8.68. The summed E-state index contributed by atoms with van der Waals surface area (Å²) in [4.78, 5) is 27.7. The van der Waals surface area contributed by atoms with E-state index in [1.807, 2.05) is 0 Å². The van der Waals surface area contributed by atoms with Crippen LogP contribution in [0.2, 0.25) is 0 Å². The van der Waals surface area contributed by atoms with Crippen LogP contribution in [-0.4, -0.2) is 86.9 Å². The molecule has 1 aromatic rings. The number of benzene rings is 1. The molecule has 5 rings (SSSR count). The highest BCUT2D eigenvalue weighted by molar-refractivity contribution is 6.23. The quantitative estimate of drug-likeness (QED) is 0.374. The van der Waals surface area contributed by atoms with Gasteiger partial charge in [-0.25, -0.2) is 4.90 Å². The molecule has 0 aromatic heterocycles. The van der Waals surface area contributed by atoms with Gasteiger partial charge in [0, 0.05) is 6.42 Å². The zero-order valence-corrected chi connectivity index (χ0v) is 20.1. The first kappa shape index (κ1) is 26.9. The second-order valence-electron chi connectivity index (χ2n) is 10.4. The third-order valence-corrected chi connectivity index (χ3v) is 8.10. The van der Waals surface area contributed by atoms with Gasteiger partial charge in [-0.15, -0.1) is 0 Å². The molecule has 10 atom stereocenters. The zero-order chi connectivity index (χ0) is 27.9. The van der Waals surface area contributed by atoms with Crippen molar-refractivity contribution >= 4 is 17.5 Å². The van der Waals surface area contributed by atoms with Gasteiger partial charge in [-0.1, -0.05) is 0 Å². The maximum atomic E-state index is 13.6. The van der Waals surface area contributed by atoms with Gasteiger partial charge in [0.2, 0.25) is 11.8 Å². The lowest BCUT2D eigenvalue weighted by Crippen LogP contribution is -2.61. The molecule has 4 aliphatic rings. The van der Waals surface area contributed by atoms with Crippen LogP contribution in [0.5, 0.6) is 0 Å². The molecule has 4 fully saturated rings. The van der Waals surface area contributed by atoms with Gasteiger partial charge < -0.3 is 34.6 Å². The molecule has 2 amide bonds. The molecule has 0 aliphatic carbocycles. The summed E-state index contributed by atoms with van der Waals surface area (Å²) in [5, 5.41) is 49.0. The lowest BCUT2D eigenvalue weighted by atomic mass is 9.67. The van der Waals surface area contributed by atoms with Crippen LogP contribution in [0.15, 0.2) is 18.2 Å². The number of carbonyl (C=O) groups is 2. The molecule has 4 saturated heterocycles. The number of halogens is 3. The number of rotatable bonds is 4. The van der Waals surface area contributed by atoms with Crippen molar-refractivity contribution in [2.75, 3.05) is 11.5 Å². The number of imide groups is 1. The summed E-state index contributed by atoms with van der Waals surface area (Å²) < 4.78 is 58.0. The summed E-state index contributed by atoms with van der Waals surface area (Å²) in [6.45, 7) is 2.39. The molecule has 4 heterocycles. The van der Waals surface area contributed by atoms with E-state index in [0.29, 0.717) is 11.0 Å². The highest BCUT2D eigenvalue weighted by Gasteiger charge is 2.76. The van der Waals surface area contributed by atoms with Crippen molar-refractivity contribution in [2.24, 2.45) is 11.8 Å². The van der Waals surface area contributed by atoms with Crippen molar-refractivity contribution in [3.8, 4) is 6.07 Å². The molecule has 11 nitrogen and oxygen atoms in total. The van der Waals surface area contributed by atoms with Crippen LogP contribution >= 0.6 is 0 Å². The van der Waals surface area contributed by atoms with E-state index >= 15 is 0 Å². The first-order chi connectivity index (χ1) is 17.7. The van der Waals surface area contributed by atoms with Crippen LogP contribution < -0.4 is 4.90 Å². The van der Waals surface area contributed by atoms with E-state index in [1.54, 1.807) is 6.92 Å². The first-order valence-corrected chi connectivity index (χ1v) is 11.8. The fourth-order valence-corrected chi connectivity index (χ4v) is 6.28. The largest absolute Gasteiger partial charge is 0.417 e. The highest BCUT2D eigenvalue weighted by Crippen LogP contribution is 2.62. The average molecular weight is 542 g/mol. The van der Waals surface area contributed by atoms with Crippen molar-refractivity contribution < 1.29 is 57.4 Å². The Morgan fingerprint density at radius 2 is 1.79 bits per heavy atom. The highest BCUT2D eigenvalue weighted by atomic mass is 19.4. The van der Waals surface area contributed by atoms with Gasteiger partial charge >= 0.3 is 6.18 Å². The van der Waals surface area contributed by atoms with Crippen molar-refractivity contribution in [3.63, 3.8) is 0 Å². The van der Waals surface area contributed by atoms with E-state index in [1.165, 1.54) is 13.0 Å². The maximum absolute atomic E-state index is 13.6. The van der Waals surface area contributed by atoms with Gasteiger partial charge in [0.15, 0.2) is 6.29 Å². The molecule has 14 heteroatoms. The average Bonchev–Trinajstić information content (AvgIpc) is 3.38. The summed E-state index contributed by atoms with van der Waals surface area (Å²) in [6.07, 6.45) is -13.6. The monoisotopic (exact) mass is 542 g/mol. The van der Waals surface area contributed by atoms with Crippen molar-refractivity contribution in [3.05, 3.63) is 29.3 Å². The van der Waals surface area contributed by atoms with E-state index < -0.39 is 95.6 Å². The number of hydrogen-bond acceptors (Lipinski definition) is 10. The number of aliphatic hydroxyl groups is 4. The van der Waals surface area contributed by atoms with Crippen LogP contribution in [0, 0.1) is 23.2 Å². The van der Waals surface area contributed by atoms with Gasteiger partial charge in [0.25, 0.3) is 0 Å². The van der Waals surface area contributed by atoms with E-state index in [9.17, 15) is 43.2 Å². The number of alkyl halides is 3. The number of ether oxygens (including phenoxy) is 3. The molecule has 2 bridgehead atoms. The molecule has 0 spiro atoms. The number of carbonyl (C=O) groups excluding carboxylic acids is 2. The minimum Gasteiger partial charge on any atom is -0.394 e. The summed E-state index contributed by atoms with van der Waals surface area (Å²) in [7, 11) is 0. The Balaban J connectivity index is 1.45. The smallest absolute Gasteiger partial charge is 0.394 e. The fraction of sp³-hybridized carbons (Fsp3) is 0.625. The van der Waals surface area contributed by atoms with Gasteiger partial charge in [-0.05, 0) is 32.0 Å². The van der Waals surface area contributed by atoms with Gasteiger partial charge in [0.05, 0.1) is 53.0 Å². The molecular weight excluding hydrogens is 517 g/mol. The van der Waals surface area contributed by atoms with Gasteiger partial charge in [0.1, 0.15) is 30.0 Å². The topological polar surface area (TPSA) is 170 Å². The Morgan fingerprint density at radius 1 is 1.13 bits per heavy atom. The standard InChI is InChI=1S/C24H25F3N2O9/c1-22-6-13(37-21-18(33)17(32)16(31)12(8-30)36-21)23(2,38-22)15-14(22)19(34)29(20(15)35)10-4-3-9(7-28)11(5-10)24(25,26)27/h3-5,12-18,21,30-33H,6,8H2,1-2H3/t12-,13-,14+,15-,16-,17+,18-,21-,22?,23?/m1/s1. The molecule has 4 aliphatic heterocycles. The molecule has 0 radical (unpaired) electrons. The normalized spacial score (nSPS) is 42.5. The number of nitrogens with zero attached hydrogens (tertiary/aromatic N) is 2. The number of hydrogen-bond donors (Lipinski definition) is 4. The lowest BCUT2D eigenvalue weighted by molar-refractivity contribution is -0.319. The lowest BCUT2D eigenvalue weighted by Gasteiger charge is -2.43. The molecule has 2 unspecified atom stereocenters. The predicted octanol–water partition coefficient (Wildman–Crippen LogP) is -0.181. The van der Waals surface area contributed by atoms with Gasteiger partial charge in [-0.3, -0.25) is 9.59 Å². The molecule has 1 aromatic carbocycles. The van der Waals surface area contributed by atoms with E-state index in [4.69, 9.17) is 19.5 Å². The Hall–Kier alpha value is -2.64. The number of aliphatic hydroxyl groups excluding tert-OH is 4. The molecule has 206 valence electrons. The maximum Gasteiger partial charge on any atom is 0.417 e. The number of anilines is 1. The summed E-state index contributed by atoms with van der Waals surface area (Å²) >= 11 is 0. The van der Waals surface area contributed by atoms with Crippen molar-refractivity contribution in [1.82, 2.24) is 0 Å². The second-order valence-corrected chi connectivity index (χ2v) is 10.4. The van der Waals surface area contributed by atoms with Crippen molar-refractivity contribution in [2.45, 2.75) is 74.5 Å². The van der Waals surface area contributed by atoms with Gasteiger partial charge in [-0.2, -0.15) is 18.4 Å². The predicted molar refractivity (Wildman–Crippen MR) is 117 cm³/mol. The van der Waals surface area contributed by atoms with Crippen LogP contribution in [0.1, 0.15) is 31.4 Å². The number of amides is 2. The van der Waals surface area contributed by atoms with E-state index in [2.05, 4.69) is 0 Å². The summed E-state index contributed by atoms with van der Waals surface area (Å²) in [5.41, 5.74) is -5.01. The first-order valence-electron chi connectivity index (χ1n) is 11.8. The van der Waals surface area contributed by atoms with E-state index in [-0.39, 0.29) is 12.1 Å². The number of fused-ring (bicyclic) bond motifs is 5. The number of nitriles is 1. The molecular formula is C24H25F3N2O9. The SMILES string of the molecule is CC12C[C@@H](O[C@H]3O[C@H](CO)[C@@H](O)[C@H](O)[C@H]3O)C(C)(O1)[C@H]1C(=O)N(c3ccc(C#N)c(C(F)(F)F)c3)C(=O)[C@H]12. The minimum absolute atomic E-state index is 0.0354. The fourth-order valence-electron chi connectivity index (χ4n) is 6.28.